The Balaban J connectivity index is 3.25. The van der Waals surface area contributed by atoms with Gasteiger partial charge in [0.25, 0.3) is 0 Å². The molecule has 0 unspecified atom stereocenters. The van der Waals surface area contributed by atoms with Crippen molar-refractivity contribution in [3.63, 3.8) is 0 Å². The summed E-state index contributed by atoms with van der Waals surface area (Å²) < 4.78 is 26.0. The van der Waals surface area contributed by atoms with Crippen molar-refractivity contribution in [3.05, 3.63) is 24.0 Å². The van der Waals surface area contributed by atoms with Crippen LogP contribution in [-0.4, -0.2) is 47.9 Å². The van der Waals surface area contributed by atoms with Crippen molar-refractivity contribution in [1.82, 2.24) is 9.29 Å². The van der Waals surface area contributed by atoms with E-state index in [9.17, 15) is 13.2 Å². The number of aliphatic hydroxyl groups is 1. The number of primary amides is 1. The smallest absolute Gasteiger partial charge is 0.245 e. The molecule has 114 valence electrons. The standard InChI is InChI=1S/C13H17N3O4S/c1-10(2)16(9-13(14)18)21(19,20)12-6-11(4-3-5-17)7-15-8-12/h6-8,10,17H,5,9H2,1-2H3,(H2,14,18). The fourth-order valence-corrected chi connectivity index (χ4v) is 3.20. The van der Waals surface area contributed by atoms with E-state index in [1.54, 1.807) is 13.8 Å². The van der Waals surface area contributed by atoms with Crippen LogP contribution in [0.15, 0.2) is 23.4 Å². The number of hydrogen-bond donors (Lipinski definition) is 2. The van der Waals surface area contributed by atoms with Crippen molar-refractivity contribution < 1.29 is 18.3 Å². The number of nitrogens with two attached hydrogens (primary N) is 1. The Hall–Kier alpha value is -1.95. The zero-order chi connectivity index (χ0) is 16.0. The van der Waals surface area contributed by atoms with E-state index in [4.69, 9.17) is 10.8 Å². The first kappa shape index (κ1) is 17.1. The van der Waals surface area contributed by atoms with Crippen LogP contribution < -0.4 is 5.73 Å². The second kappa shape index (κ2) is 7.17. The molecule has 1 rings (SSSR count). The van der Waals surface area contributed by atoms with Crippen LogP contribution in [0.3, 0.4) is 0 Å². The molecule has 0 aliphatic carbocycles. The molecule has 0 aromatic carbocycles. The Bertz CT molecular complexity index is 674. The summed E-state index contributed by atoms with van der Waals surface area (Å²) in [7, 11) is -3.90. The SMILES string of the molecule is CC(C)N(CC(N)=O)S(=O)(=O)c1cncc(C#CCO)c1. The van der Waals surface area contributed by atoms with E-state index in [0.717, 1.165) is 4.31 Å². The third-order valence-electron chi connectivity index (χ3n) is 2.52. The summed E-state index contributed by atoms with van der Waals surface area (Å²) in [6.07, 6.45) is 2.56. The van der Waals surface area contributed by atoms with Crippen LogP contribution >= 0.6 is 0 Å². The molecule has 8 heteroatoms. The van der Waals surface area contributed by atoms with Crippen LogP contribution in [0.2, 0.25) is 0 Å². The van der Waals surface area contributed by atoms with Crippen LogP contribution in [0.25, 0.3) is 0 Å². The van der Waals surface area contributed by atoms with Gasteiger partial charge in [0, 0.05) is 24.0 Å². The Morgan fingerprint density at radius 2 is 2.14 bits per heavy atom. The molecule has 0 aliphatic heterocycles. The third-order valence-corrected chi connectivity index (χ3v) is 4.51. The predicted molar refractivity (Wildman–Crippen MR) is 76.4 cm³/mol. The van der Waals surface area contributed by atoms with Gasteiger partial charge in [0.15, 0.2) is 0 Å². The van der Waals surface area contributed by atoms with Gasteiger partial charge in [0.1, 0.15) is 11.5 Å². The summed E-state index contributed by atoms with van der Waals surface area (Å²) in [5.74, 6) is 4.25. The number of aromatic nitrogens is 1. The van der Waals surface area contributed by atoms with E-state index in [0.29, 0.717) is 5.56 Å². The van der Waals surface area contributed by atoms with E-state index >= 15 is 0 Å². The summed E-state index contributed by atoms with van der Waals surface area (Å²) in [5.41, 5.74) is 5.45. The maximum absolute atomic E-state index is 12.5. The van der Waals surface area contributed by atoms with Crippen molar-refractivity contribution in [2.75, 3.05) is 13.2 Å². The topological polar surface area (TPSA) is 114 Å². The fraction of sp³-hybridized carbons (Fsp3) is 0.385. The monoisotopic (exact) mass is 311 g/mol. The van der Waals surface area contributed by atoms with Crippen LogP contribution in [0.5, 0.6) is 0 Å². The van der Waals surface area contributed by atoms with Crippen molar-refractivity contribution >= 4 is 15.9 Å². The molecule has 0 fully saturated rings. The van der Waals surface area contributed by atoms with E-state index in [2.05, 4.69) is 16.8 Å². The highest BCUT2D eigenvalue weighted by atomic mass is 32.2. The number of amides is 1. The van der Waals surface area contributed by atoms with Crippen LogP contribution in [0.1, 0.15) is 19.4 Å². The zero-order valence-corrected chi connectivity index (χ0v) is 12.6. The summed E-state index contributed by atoms with van der Waals surface area (Å²) in [5, 5.41) is 8.65. The molecule has 1 heterocycles. The van der Waals surface area contributed by atoms with Crippen molar-refractivity contribution in [1.29, 1.82) is 0 Å². The maximum Gasteiger partial charge on any atom is 0.245 e. The highest BCUT2D eigenvalue weighted by Crippen LogP contribution is 2.18. The van der Waals surface area contributed by atoms with Gasteiger partial charge < -0.3 is 10.8 Å². The lowest BCUT2D eigenvalue weighted by molar-refractivity contribution is -0.118. The molecule has 21 heavy (non-hydrogen) atoms. The minimum Gasteiger partial charge on any atom is -0.384 e. The van der Waals surface area contributed by atoms with Gasteiger partial charge in [-0.05, 0) is 19.9 Å². The molecule has 0 aliphatic rings. The molecule has 0 bridgehead atoms. The molecule has 0 radical (unpaired) electrons. The number of aliphatic hydroxyl groups excluding tert-OH is 1. The average molecular weight is 311 g/mol. The van der Waals surface area contributed by atoms with Gasteiger partial charge in [-0.15, -0.1) is 0 Å². The van der Waals surface area contributed by atoms with E-state index in [1.807, 2.05) is 0 Å². The predicted octanol–water partition coefficient (Wildman–Crippen LogP) is -0.690. The Kier molecular flexibility index (Phi) is 5.84. The first-order valence-corrected chi connectivity index (χ1v) is 7.58. The maximum atomic E-state index is 12.5. The normalized spacial score (nSPS) is 11.3. The van der Waals surface area contributed by atoms with Crippen molar-refractivity contribution in [3.8, 4) is 11.8 Å². The molecule has 0 atom stereocenters. The lowest BCUT2D eigenvalue weighted by atomic mass is 10.3. The lowest BCUT2D eigenvalue weighted by Gasteiger charge is -2.24. The molecule has 0 spiro atoms. The van der Waals surface area contributed by atoms with Gasteiger partial charge in [-0.1, -0.05) is 11.8 Å². The van der Waals surface area contributed by atoms with E-state index in [-0.39, 0.29) is 11.5 Å². The van der Waals surface area contributed by atoms with Crippen LogP contribution in [0, 0.1) is 11.8 Å². The largest absolute Gasteiger partial charge is 0.384 e. The first-order chi connectivity index (χ1) is 9.78. The summed E-state index contributed by atoms with van der Waals surface area (Å²) in [6.45, 7) is 2.54. The summed E-state index contributed by atoms with van der Waals surface area (Å²) in [6, 6.07) is 0.899. The number of carbonyl (C=O) groups excluding carboxylic acids is 1. The average Bonchev–Trinajstić information content (AvgIpc) is 2.42. The Morgan fingerprint density at radius 1 is 1.48 bits per heavy atom. The molecule has 1 aromatic heterocycles. The molecular weight excluding hydrogens is 294 g/mol. The fourth-order valence-electron chi connectivity index (χ4n) is 1.60. The highest BCUT2D eigenvalue weighted by Gasteiger charge is 2.28. The quantitative estimate of drug-likeness (QED) is 0.699. The Labute approximate surface area is 123 Å². The van der Waals surface area contributed by atoms with Gasteiger partial charge in [0.05, 0.1) is 6.54 Å². The van der Waals surface area contributed by atoms with Gasteiger partial charge in [-0.25, -0.2) is 8.42 Å². The minimum atomic E-state index is -3.90. The highest BCUT2D eigenvalue weighted by molar-refractivity contribution is 7.89. The third kappa shape index (κ3) is 4.53. The van der Waals surface area contributed by atoms with Gasteiger partial charge >= 0.3 is 0 Å². The molecule has 3 N–H and O–H groups in total. The number of hydrogen-bond acceptors (Lipinski definition) is 5. The number of carbonyl (C=O) groups is 1. The van der Waals surface area contributed by atoms with E-state index < -0.39 is 28.5 Å². The van der Waals surface area contributed by atoms with Crippen LogP contribution in [0.4, 0.5) is 0 Å². The molecule has 1 amide bonds. The first-order valence-electron chi connectivity index (χ1n) is 6.14. The van der Waals surface area contributed by atoms with Crippen molar-refractivity contribution in [2.45, 2.75) is 24.8 Å². The molecule has 0 saturated heterocycles. The summed E-state index contributed by atoms with van der Waals surface area (Å²) in [4.78, 5) is 14.8. The van der Waals surface area contributed by atoms with Crippen LogP contribution in [-0.2, 0) is 14.8 Å². The number of sulfonamides is 1. The lowest BCUT2D eigenvalue weighted by Crippen LogP contribution is -2.42. The van der Waals surface area contributed by atoms with Gasteiger partial charge in [-0.2, -0.15) is 4.31 Å². The van der Waals surface area contributed by atoms with Gasteiger partial charge in [0.2, 0.25) is 15.9 Å². The molecule has 7 nitrogen and oxygen atoms in total. The number of rotatable bonds is 5. The molecule has 0 saturated carbocycles. The molecular formula is C13H17N3O4S. The van der Waals surface area contributed by atoms with Crippen molar-refractivity contribution in [2.24, 2.45) is 5.73 Å². The number of pyridine rings is 1. The Morgan fingerprint density at radius 3 is 2.67 bits per heavy atom. The zero-order valence-electron chi connectivity index (χ0n) is 11.8. The second-order valence-electron chi connectivity index (χ2n) is 4.48. The molecule has 1 aromatic rings. The van der Waals surface area contributed by atoms with E-state index in [1.165, 1.54) is 18.5 Å². The second-order valence-corrected chi connectivity index (χ2v) is 6.37. The summed E-state index contributed by atoms with van der Waals surface area (Å²) >= 11 is 0. The number of nitrogens with zero attached hydrogens (tertiary/aromatic N) is 2. The minimum absolute atomic E-state index is 0.0813. The van der Waals surface area contributed by atoms with Gasteiger partial charge in [-0.3, -0.25) is 9.78 Å².